The normalized spacial score (nSPS) is 11.7. The number of nitrogens with two attached hydrogens (primary N) is 1. The van der Waals surface area contributed by atoms with Crippen LogP contribution in [0.2, 0.25) is 0 Å². The van der Waals surface area contributed by atoms with Crippen LogP contribution < -0.4 is 5.73 Å². The van der Waals surface area contributed by atoms with E-state index in [9.17, 15) is 13.2 Å². The standard InChI is InChI=1S/C8H8F3N/c1-8(10,11)5-2-3-7(12)6(9)4-5/h2-4H,12H2,1H3. The highest BCUT2D eigenvalue weighted by molar-refractivity contribution is 5.42. The van der Waals surface area contributed by atoms with Crippen LogP contribution in [0.15, 0.2) is 18.2 Å². The molecule has 1 aromatic carbocycles. The van der Waals surface area contributed by atoms with E-state index >= 15 is 0 Å². The summed E-state index contributed by atoms with van der Waals surface area (Å²) in [7, 11) is 0. The molecule has 0 atom stereocenters. The fourth-order valence-electron chi connectivity index (χ4n) is 0.800. The molecule has 0 aliphatic carbocycles. The molecule has 1 nitrogen and oxygen atoms in total. The van der Waals surface area contributed by atoms with Crippen molar-refractivity contribution in [2.75, 3.05) is 5.73 Å². The molecule has 0 aliphatic heterocycles. The third kappa shape index (κ3) is 1.69. The molecule has 0 aromatic heterocycles. The van der Waals surface area contributed by atoms with Crippen molar-refractivity contribution >= 4 is 5.69 Å². The predicted octanol–water partition coefficient (Wildman–Crippen LogP) is 2.52. The van der Waals surface area contributed by atoms with Gasteiger partial charge in [-0.05, 0) is 12.1 Å². The van der Waals surface area contributed by atoms with E-state index in [4.69, 9.17) is 5.73 Å². The highest BCUT2D eigenvalue weighted by Gasteiger charge is 2.24. The largest absolute Gasteiger partial charge is 0.396 e. The van der Waals surface area contributed by atoms with Crippen LogP contribution in [0, 0.1) is 5.82 Å². The van der Waals surface area contributed by atoms with Crippen molar-refractivity contribution < 1.29 is 13.2 Å². The maximum Gasteiger partial charge on any atom is 0.270 e. The first-order valence-corrected chi connectivity index (χ1v) is 3.34. The zero-order valence-electron chi connectivity index (χ0n) is 6.44. The minimum absolute atomic E-state index is 0.122. The minimum atomic E-state index is -3.02. The summed E-state index contributed by atoms with van der Waals surface area (Å²) in [6.45, 7) is 0.706. The maximum atomic E-state index is 12.7. The Labute approximate surface area is 68.0 Å². The highest BCUT2D eigenvalue weighted by Crippen LogP contribution is 2.28. The maximum absolute atomic E-state index is 12.7. The predicted molar refractivity (Wildman–Crippen MR) is 40.4 cm³/mol. The average molecular weight is 175 g/mol. The molecule has 0 heterocycles. The summed E-state index contributed by atoms with van der Waals surface area (Å²) in [6, 6.07) is 2.98. The Balaban J connectivity index is 3.14. The van der Waals surface area contributed by atoms with Gasteiger partial charge in [0, 0.05) is 12.5 Å². The lowest BCUT2D eigenvalue weighted by atomic mass is 10.1. The van der Waals surface area contributed by atoms with Crippen LogP contribution in [0.1, 0.15) is 12.5 Å². The SMILES string of the molecule is CC(F)(F)c1ccc(N)c(F)c1. The van der Waals surface area contributed by atoms with Gasteiger partial charge in [0.1, 0.15) is 5.82 Å². The van der Waals surface area contributed by atoms with Gasteiger partial charge in [-0.3, -0.25) is 0 Å². The van der Waals surface area contributed by atoms with Gasteiger partial charge in [-0.1, -0.05) is 6.07 Å². The molecular formula is C8H8F3N. The van der Waals surface area contributed by atoms with Gasteiger partial charge in [0.05, 0.1) is 5.69 Å². The Morgan fingerprint density at radius 3 is 2.33 bits per heavy atom. The molecule has 1 rings (SSSR count). The third-order valence-electron chi connectivity index (χ3n) is 1.51. The zero-order chi connectivity index (χ0) is 9.35. The van der Waals surface area contributed by atoms with Crippen molar-refractivity contribution in [1.29, 1.82) is 0 Å². The number of nitrogen functional groups attached to an aromatic ring is 1. The lowest BCUT2D eigenvalue weighted by Gasteiger charge is -2.10. The quantitative estimate of drug-likeness (QED) is 0.652. The fourth-order valence-corrected chi connectivity index (χ4v) is 0.800. The van der Waals surface area contributed by atoms with E-state index in [2.05, 4.69) is 0 Å². The molecule has 0 bridgehead atoms. The Morgan fingerprint density at radius 2 is 1.92 bits per heavy atom. The van der Waals surface area contributed by atoms with Crippen molar-refractivity contribution in [3.8, 4) is 0 Å². The molecule has 4 heteroatoms. The van der Waals surface area contributed by atoms with Crippen molar-refractivity contribution in [1.82, 2.24) is 0 Å². The summed E-state index contributed by atoms with van der Waals surface area (Å²) in [4.78, 5) is 0. The molecule has 66 valence electrons. The summed E-state index contributed by atoms with van der Waals surface area (Å²) >= 11 is 0. The van der Waals surface area contributed by atoms with Crippen LogP contribution in [-0.2, 0) is 5.92 Å². The molecule has 0 radical (unpaired) electrons. The summed E-state index contributed by atoms with van der Waals surface area (Å²) in [5, 5.41) is 0. The smallest absolute Gasteiger partial charge is 0.270 e. The molecule has 12 heavy (non-hydrogen) atoms. The lowest BCUT2D eigenvalue weighted by Crippen LogP contribution is -2.07. The molecule has 0 aliphatic rings. The van der Waals surface area contributed by atoms with Gasteiger partial charge < -0.3 is 5.73 Å². The van der Waals surface area contributed by atoms with Crippen molar-refractivity contribution in [3.63, 3.8) is 0 Å². The number of benzene rings is 1. The van der Waals surface area contributed by atoms with E-state index in [1.165, 1.54) is 0 Å². The Bertz CT molecular complexity index is 291. The average Bonchev–Trinajstić information content (AvgIpc) is 1.92. The number of hydrogen-bond acceptors (Lipinski definition) is 1. The topological polar surface area (TPSA) is 26.0 Å². The van der Waals surface area contributed by atoms with Crippen LogP contribution in [0.5, 0.6) is 0 Å². The molecule has 2 N–H and O–H groups in total. The van der Waals surface area contributed by atoms with Crippen molar-refractivity contribution in [2.45, 2.75) is 12.8 Å². The second kappa shape index (κ2) is 2.69. The van der Waals surface area contributed by atoms with Crippen LogP contribution >= 0.6 is 0 Å². The van der Waals surface area contributed by atoms with Crippen molar-refractivity contribution in [2.24, 2.45) is 0 Å². The molecule has 0 saturated heterocycles. The van der Waals surface area contributed by atoms with Gasteiger partial charge in [-0.2, -0.15) is 0 Å². The van der Waals surface area contributed by atoms with Crippen LogP contribution in [0.4, 0.5) is 18.9 Å². The first-order chi connectivity index (χ1) is 5.41. The van der Waals surface area contributed by atoms with Gasteiger partial charge in [0.15, 0.2) is 0 Å². The summed E-state index contributed by atoms with van der Waals surface area (Å²) in [5.41, 5.74) is 4.62. The van der Waals surface area contributed by atoms with E-state index in [0.717, 1.165) is 18.2 Å². The van der Waals surface area contributed by atoms with E-state index in [1.807, 2.05) is 0 Å². The van der Waals surface area contributed by atoms with Gasteiger partial charge >= 0.3 is 0 Å². The highest BCUT2D eigenvalue weighted by atomic mass is 19.3. The van der Waals surface area contributed by atoms with Gasteiger partial charge in [-0.15, -0.1) is 0 Å². The molecule has 0 fully saturated rings. The minimum Gasteiger partial charge on any atom is -0.396 e. The van der Waals surface area contributed by atoms with E-state index in [-0.39, 0.29) is 11.3 Å². The summed E-state index contributed by atoms with van der Waals surface area (Å²) in [6.07, 6.45) is 0. The van der Waals surface area contributed by atoms with Crippen LogP contribution in [0.3, 0.4) is 0 Å². The fraction of sp³-hybridized carbons (Fsp3) is 0.250. The molecule has 1 aromatic rings. The molecule has 0 saturated carbocycles. The monoisotopic (exact) mass is 175 g/mol. The Hall–Kier alpha value is -1.19. The second-order valence-electron chi connectivity index (χ2n) is 2.62. The van der Waals surface area contributed by atoms with E-state index in [1.54, 1.807) is 0 Å². The number of rotatable bonds is 1. The molecule has 0 amide bonds. The number of hydrogen-bond donors (Lipinski definition) is 1. The molecule has 0 spiro atoms. The van der Waals surface area contributed by atoms with Crippen molar-refractivity contribution in [3.05, 3.63) is 29.6 Å². The van der Waals surface area contributed by atoms with E-state index < -0.39 is 11.7 Å². The summed E-state index contributed by atoms with van der Waals surface area (Å²) < 4.78 is 37.8. The molecular weight excluding hydrogens is 167 g/mol. The van der Waals surface area contributed by atoms with E-state index in [0.29, 0.717) is 6.92 Å². The number of halogens is 3. The number of anilines is 1. The van der Waals surface area contributed by atoms with Gasteiger partial charge in [0.2, 0.25) is 0 Å². The van der Waals surface area contributed by atoms with Crippen LogP contribution in [-0.4, -0.2) is 0 Å². The zero-order valence-corrected chi connectivity index (χ0v) is 6.44. The summed E-state index contributed by atoms with van der Waals surface area (Å²) in [5.74, 6) is -3.83. The third-order valence-corrected chi connectivity index (χ3v) is 1.51. The van der Waals surface area contributed by atoms with Crippen LogP contribution in [0.25, 0.3) is 0 Å². The number of alkyl halides is 2. The second-order valence-corrected chi connectivity index (χ2v) is 2.62. The lowest BCUT2D eigenvalue weighted by molar-refractivity contribution is 0.0172. The molecule has 0 unspecified atom stereocenters. The van der Waals surface area contributed by atoms with Gasteiger partial charge in [-0.25, -0.2) is 13.2 Å². The van der Waals surface area contributed by atoms with Gasteiger partial charge in [0.25, 0.3) is 5.92 Å². The first kappa shape index (κ1) is 8.90. The Kier molecular flexibility index (Phi) is 2.00. The first-order valence-electron chi connectivity index (χ1n) is 3.34. The Morgan fingerprint density at radius 1 is 1.33 bits per heavy atom.